The van der Waals surface area contributed by atoms with Crippen LogP contribution in [0.25, 0.3) is 0 Å². The van der Waals surface area contributed by atoms with E-state index in [4.69, 9.17) is 9.47 Å². The summed E-state index contributed by atoms with van der Waals surface area (Å²) in [4.78, 5) is 0. The Bertz CT molecular complexity index is 391. The van der Waals surface area contributed by atoms with E-state index in [0.717, 1.165) is 24.2 Å². The zero-order valence-electron chi connectivity index (χ0n) is 13.0. The maximum atomic E-state index is 5.87. The van der Waals surface area contributed by atoms with Crippen LogP contribution in [0.3, 0.4) is 0 Å². The first-order valence-electron chi connectivity index (χ1n) is 6.95. The zero-order chi connectivity index (χ0) is 14.5. The maximum Gasteiger partial charge on any atom is 0.123 e. The Labute approximate surface area is 117 Å². The van der Waals surface area contributed by atoms with Crippen molar-refractivity contribution in [1.82, 2.24) is 5.32 Å². The highest BCUT2D eigenvalue weighted by molar-refractivity contribution is 5.40. The van der Waals surface area contributed by atoms with E-state index in [9.17, 15) is 0 Å². The lowest BCUT2D eigenvalue weighted by atomic mass is 9.83. The fourth-order valence-corrected chi connectivity index (χ4v) is 2.85. The van der Waals surface area contributed by atoms with E-state index < -0.39 is 0 Å². The highest BCUT2D eigenvalue weighted by atomic mass is 16.5. The van der Waals surface area contributed by atoms with E-state index >= 15 is 0 Å². The van der Waals surface area contributed by atoms with Crippen molar-refractivity contribution in [2.75, 3.05) is 21.3 Å². The van der Waals surface area contributed by atoms with Gasteiger partial charge in [-0.15, -0.1) is 0 Å². The molecule has 0 radical (unpaired) electrons. The van der Waals surface area contributed by atoms with Gasteiger partial charge in [0.05, 0.1) is 18.8 Å². The van der Waals surface area contributed by atoms with Crippen molar-refractivity contribution in [3.63, 3.8) is 0 Å². The Kier molecular flexibility index (Phi) is 5.83. The minimum absolute atomic E-state index is 0.113. The minimum atomic E-state index is -0.212. The topological polar surface area (TPSA) is 30.5 Å². The summed E-state index contributed by atoms with van der Waals surface area (Å²) < 4.78 is 11.4. The van der Waals surface area contributed by atoms with Crippen LogP contribution >= 0.6 is 0 Å². The standard InChI is InChI=1S/C16H27NO2/c1-7-16(8-2,19-6)15(17-4)13-11-12(3)9-10-14(13)18-5/h9-11,15,17H,7-8H2,1-6H3. The summed E-state index contributed by atoms with van der Waals surface area (Å²) >= 11 is 0. The molecule has 1 rings (SSSR count). The Balaban J connectivity index is 3.33. The van der Waals surface area contributed by atoms with E-state index in [1.807, 2.05) is 13.1 Å². The highest BCUT2D eigenvalue weighted by Crippen LogP contribution is 2.38. The molecule has 19 heavy (non-hydrogen) atoms. The molecule has 0 amide bonds. The third kappa shape index (κ3) is 3.10. The van der Waals surface area contributed by atoms with Crippen LogP contribution in [0.5, 0.6) is 5.75 Å². The molecule has 1 atom stereocenters. The van der Waals surface area contributed by atoms with Crippen molar-refractivity contribution >= 4 is 0 Å². The smallest absolute Gasteiger partial charge is 0.123 e. The van der Waals surface area contributed by atoms with E-state index in [2.05, 4.69) is 38.2 Å². The van der Waals surface area contributed by atoms with Crippen molar-refractivity contribution < 1.29 is 9.47 Å². The predicted molar refractivity (Wildman–Crippen MR) is 79.9 cm³/mol. The van der Waals surface area contributed by atoms with Gasteiger partial charge in [0.2, 0.25) is 0 Å². The van der Waals surface area contributed by atoms with Crippen molar-refractivity contribution in [2.24, 2.45) is 0 Å². The van der Waals surface area contributed by atoms with E-state index in [0.29, 0.717) is 0 Å². The molecule has 0 aromatic heterocycles. The second kappa shape index (κ2) is 6.92. The lowest BCUT2D eigenvalue weighted by Gasteiger charge is -2.39. The molecule has 3 heteroatoms. The second-order valence-corrected chi connectivity index (χ2v) is 4.94. The summed E-state index contributed by atoms with van der Waals surface area (Å²) in [5.41, 5.74) is 2.18. The molecule has 0 fully saturated rings. The van der Waals surface area contributed by atoms with Gasteiger partial charge in [-0.1, -0.05) is 31.5 Å². The summed E-state index contributed by atoms with van der Waals surface area (Å²) in [5.74, 6) is 0.910. The van der Waals surface area contributed by atoms with Crippen LogP contribution < -0.4 is 10.1 Å². The largest absolute Gasteiger partial charge is 0.496 e. The molecular formula is C16H27NO2. The van der Waals surface area contributed by atoms with E-state index in [1.165, 1.54) is 5.56 Å². The van der Waals surface area contributed by atoms with Crippen LogP contribution in [0, 0.1) is 6.92 Å². The van der Waals surface area contributed by atoms with Crippen LogP contribution in [0.4, 0.5) is 0 Å². The van der Waals surface area contributed by atoms with Gasteiger partial charge in [-0.2, -0.15) is 0 Å². The maximum absolute atomic E-state index is 5.87. The molecule has 0 aliphatic rings. The summed E-state index contributed by atoms with van der Waals surface area (Å²) in [6.07, 6.45) is 1.89. The first-order chi connectivity index (χ1) is 9.08. The number of hydrogen-bond acceptors (Lipinski definition) is 3. The normalized spacial score (nSPS) is 13.4. The Morgan fingerprint density at radius 1 is 1.21 bits per heavy atom. The average molecular weight is 265 g/mol. The number of ether oxygens (including phenoxy) is 2. The van der Waals surface area contributed by atoms with Gasteiger partial charge in [-0.3, -0.25) is 0 Å². The molecule has 0 aliphatic heterocycles. The number of nitrogens with one attached hydrogen (secondary N) is 1. The van der Waals surface area contributed by atoms with Gasteiger partial charge in [-0.05, 0) is 32.9 Å². The summed E-state index contributed by atoms with van der Waals surface area (Å²) in [7, 11) is 5.48. The predicted octanol–water partition coefficient (Wildman–Crippen LogP) is 3.47. The van der Waals surface area contributed by atoms with E-state index in [-0.39, 0.29) is 11.6 Å². The SMILES string of the molecule is CCC(CC)(OC)C(NC)c1cc(C)ccc1OC. The molecule has 1 N–H and O–H groups in total. The molecule has 1 aromatic rings. The number of hydrogen-bond donors (Lipinski definition) is 1. The Hall–Kier alpha value is -1.06. The molecule has 0 saturated carbocycles. The number of likely N-dealkylation sites (N-methyl/N-ethyl adjacent to an activating group) is 1. The Morgan fingerprint density at radius 2 is 1.84 bits per heavy atom. The monoisotopic (exact) mass is 265 g/mol. The minimum Gasteiger partial charge on any atom is -0.496 e. The van der Waals surface area contributed by atoms with Gasteiger partial charge in [0, 0.05) is 12.7 Å². The van der Waals surface area contributed by atoms with Crippen molar-refractivity contribution in [2.45, 2.75) is 45.3 Å². The summed E-state index contributed by atoms with van der Waals surface area (Å²) in [5, 5.41) is 3.41. The lowest BCUT2D eigenvalue weighted by molar-refractivity contribution is -0.0472. The number of rotatable bonds is 7. The number of methoxy groups -OCH3 is 2. The third-order valence-electron chi connectivity index (χ3n) is 4.11. The van der Waals surface area contributed by atoms with Gasteiger partial charge < -0.3 is 14.8 Å². The van der Waals surface area contributed by atoms with Gasteiger partial charge in [0.15, 0.2) is 0 Å². The third-order valence-corrected chi connectivity index (χ3v) is 4.11. The molecular weight excluding hydrogens is 238 g/mol. The van der Waals surface area contributed by atoms with Crippen LogP contribution in [-0.2, 0) is 4.74 Å². The molecule has 0 spiro atoms. The van der Waals surface area contributed by atoms with Crippen molar-refractivity contribution in [3.05, 3.63) is 29.3 Å². The fourth-order valence-electron chi connectivity index (χ4n) is 2.85. The summed E-state index contributed by atoms with van der Waals surface area (Å²) in [6, 6.07) is 6.39. The molecule has 3 nitrogen and oxygen atoms in total. The van der Waals surface area contributed by atoms with Crippen molar-refractivity contribution in [1.29, 1.82) is 0 Å². The van der Waals surface area contributed by atoms with E-state index in [1.54, 1.807) is 14.2 Å². The molecule has 1 aromatic carbocycles. The molecule has 0 bridgehead atoms. The van der Waals surface area contributed by atoms with Crippen LogP contribution in [-0.4, -0.2) is 26.9 Å². The summed E-state index contributed by atoms with van der Waals surface area (Å²) in [6.45, 7) is 6.43. The highest BCUT2D eigenvalue weighted by Gasteiger charge is 2.37. The number of benzene rings is 1. The van der Waals surface area contributed by atoms with Crippen LogP contribution in [0.15, 0.2) is 18.2 Å². The van der Waals surface area contributed by atoms with Crippen LogP contribution in [0.1, 0.15) is 43.9 Å². The zero-order valence-corrected chi connectivity index (χ0v) is 13.0. The first-order valence-corrected chi connectivity index (χ1v) is 6.95. The quantitative estimate of drug-likeness (QED) is 0.819. The fraction of sp³-hybridized carbons (Fsp3) is 0.625. The van der Waals surface area contributed by atoms with Crippen molar-refractivity contribution in [3.8, 4) is 5.75 Å². The van der Waals surface area contributed by atoms with Gasteiger partial charge >= 0.3 is 0 Å². The molecule has 108 valence electrons. The van der Waals surface area contributed by atoms with Gasteiger partial charge in [-0.25, -0.2) is 0 Å². The second-order valence-electron chi connectivity index (χ2n) is 4.94. The molecule has 0 saturated heterocycles. The molecule has 0 heterocycles. The van der Waals surface area contributed by atoms with Gasteiger partial charge in [0.1, 0.15) is 5.75 Å². The Morgan fingerprint density at radius 3 is 2.26 bits per heavy atom. The van der Waals surface area contributed by atoms with Crippen LogP contribution in [0.2, 0.25) is 0 Å². The van der Waals surface area contributed by atoms with Gasteiger partial charge in [0.25, 0.3) is 0 Å². The molecule has 0 aliphatic carbocycles. The average Bonchev–Trinajstić information content (AvgIpc) is 2.45. The molecule has 1 unspecified atom stereocenters. The first kappa shape index (κ1) is 16.0. The number of aryl methyl sites for hydroxylation is 1. The lowest BCUT2D eigenvalue weighted by Crippen LogP contribution is -2.43.